The molecule has 0 aromatic rings. The number of fused-ring (bicyclic) bond motifs is 5. The maximum atomic E-state index is 12.3. The lowest BCUT2D eigenvalue weighted by molar-refractivity contribution is -0.131. The summed E-state index contributed by atoms with van der Waals surface area (Å²) in [5.74, 6) is 2.51. The summed E-state index contributed by atoms with van der Waals surface area (Å²) in [7, 11) is 0. The van der Waals surface area contributed by atoms with Crippen molar-refractivity contribution in [2.24, 2.45) is 28.6 Å². The lowest BCUT2D eigenvalue weighted by Gasteiger charge is -2.55. The lowest BCUT2D eigenvalue weighted by atomic mass is 9.48. The van der Waals surface area contributed by atoms with Crippen LogP contribution in [0.5, 0.6) is 0 Å². The number of carbonyl (C=O) groups is 2. The van der Waals surface area contributed by atoms with Gasteiger partial charge in [0, 0.05) is 17.3 Å². The fourth-order valence-corrected chi connectivity index (χ4v) is 5.97. The van der Waals surface area contributed by atoms with Gasteiger partial charge in [-0.3, -0.25) is 9.59 Å². The first-order valence-electron chi connectivity index (χ1n) is 8.43. The normalized spacial score (nSPS) is 48.5. The van der Waals surface area contributed by atoms with Crippen LogP contribution in [0.3, 0.4) is 0 Å². The fourth-order valence-electron chi connectivity index (χ4n) is 5.97. The maximum absolute atomic E-state index is 12.3. The average molecular weight is 284 g/mol. The van der Waals surface area contributed by atoms with Crippen LogP contribution < -0.4 is 0 Å². The van der Waals surface area contributed by atoms with Crippen LogP contribution in [0.2, 0.25) is 0 Å². The number of Topliss-reactive ketones (excluding diaryl/α,β-unsaturated/α-hetero) is 1. The number of hydrogen-bond donors (Lipinski definition) is 0. The molecule has 4 aliphatic rings. The van der Waals surface area contributed by atoms with Crippen molar-refractivity contribution in [3.8, 4) is 0 Å². The quantitative estimate of drug-likeness (QED) is 0.677. The van der Waals surface area contributed by atoms with E-state index in [0.29, 0.717) is 23.5 Å². The average Bonchev–Trinajstić information content (AvgIpc) is 2.76. The Bertz CT molecular complexity index is 584. The molecule has 0 radical (unpaired) electrons. The van der Waals surface area contributed by atoms with Crippen LogP contribution in [0.25, 0.3) is 0 Å². The molecule has 0 spiro atoms. The van der Waals surface area contributed by atoms with Crippen molar-refractivity contribution in [1.29, 1.82) is 0 Å². The summed E-state index contributed by atoms with van der Waals surface area (Å²) < 4.78 is 0. The zero-order valence-electron chi connectivity index (χ0n) is 13.0. The van der Waals surface area contributed by atoms with Gasteiger partial charge in [0.15, 0.2) is 5.78 Å². The smallest absolute Gasteiger partial charge is 0.178 e. The summed E-state index contributed by atoms with van der Waals surface area (Å²) in [6, 6.07) is 0. The van der Waals surface area contributed by atoms with E-state index in [0.717, 1.165) is 32.1 Å². The zero-order valence-corrected chi connectivity index (χ0v) is 13.0. The van der Waals surface area contributed by atoms with Gasteiger partial charge in [0.1, 0.15) is 5.78 Å². The monoisotopic (exact) mass is 284 g/mol. The molecule has 0 N–H and O–H groups in total. The molecule has 3 fully saturated rings. The molecule has 0 heterocycles. The van der Waals surface area contributed by atoms with Crippen LogP contribution in [0.1, 0.15) is 52.4 Å². The van der Waals surface area contributed by atoms with Gasteiger partial charge in [-0.15, -0.1) is 0 Å². The predicted octanol–water partition coefficient (Wildman–Crippen LogP) is 3.86. The molecule has 0 bridgehead atoms. The van der Waals surface area contributed by atoms with Crippen molar-refractivity contribution >= 4 is 11.6 Å². The van der Waals surface area contributed by atoms with E-state index in [1.165, 1.54) is 12.0 Å². The number of hydrogen-bond acceptors (Lipinski definition) is 2. The summed E-state index contributed by atoms with van der Waals surface area (Å²) in [4.78, 5) is 24.0. The van der Waals surface area contributed by atoms with Gasteiger partial charge in [0.25, 0.3) is 0 Å². The van der Waals surface area contributed by atoms with Gasteiger partial charge < -0.3 is 0 Å². The Balaban J connectivity index is 1.72. The Morgan fingerprint density at radius 3 is 2.67 bits per heavy atom. The Morgan fingerprint density at radius 2 is 1.86 bits per heavy atom. The highest BCUT2D eigenvalue weighted by Gasteiger charge is 2.58. The molecule has 0 aromatic heterocycles. The second-order valence-electron chi connectivity index (χ2n) is 8.02. The molecule has 112 valence electrons. The minimum atomic E-state index is -0.0487. The molecule has 0 saturated heterocycles. The van der Waals surface area contributed by atoms with E-state index < -0.39 is 0 Å². The second-order valence-corrected chi connectivity index (χ2v) is 8.02. The molecule has 4 rings (SSSR count). The molecule has 2 nitrogen and oxygen atoms in total. The van der Waals surface area contributed by atoms with E-state index in [1.54, 1.807) is 6.08 Å². The van der Waals surface area contributed by atoms with E-state index in [9.17, 15) is 9.59 Å². The number of allylic oxidation sites excluding steroid dienone is 4. The molecule has 5 atom stereocenters. The van der Waals surface area contributed by atoms with Crippen LogP contribution >= 0.6 is 0 Å². The number of rotatable bonds is 0. The third-order valence-corrected chi connectivity index (χ3v) is 7.27. The maximum Gasteiger partial charge on any atom is 0.178 e. The van der Waals surface area contributed by atoms with E-state index in [-0.39, 0.29) is 16.6 Å². The van der Waals surface area contributed by atoms with E-state index in [2.05, 4.69) is 19.9 Å². The lowest BCUT2D eigenvalue weighted by Crippen LogP contribution is -2.49. The fraction of sp³-hybridized carbons (Fsp3) is 0.684. The molecule has 21 heavy (non-hydrogen) atoms. The van der Waals surface area contributed by atoms with Crippen molar-refractivity contribution in [3.05, 3.63) is 23.8 Å². The van der Waals surface area contributed by atoms with Gasteiger partial charge in [-0.25, -0.2) is 0 Å². The van der Waals surface area contributed by atoms with Crippen molar-refractivity contribution in [2.45, 2.75) is 52.4 Å². The van der Waals surface area contributed by atoms with Crippen molar-refractivity contribution < 1.29 is 9.59 Å². The van der Waals surface area contributed by atoms with Gasteiger partial charge >= 0.3 is 0 Å². The van der Waals surface area contributed by atoms with Crippen LogP contribution in [0.15, 0.2) is 23.8 Å². The molecular weight excluding hydrogens is 260 g/mol. The molecule has 0 unspecified atom stereocenters. The van der Waals surface area contributed by atoms with Crippen LogP contribution in [-0.4, -0.2) is 11.6 Å². The van der Waals surface area contributed by atoms with E-state index >= 15 is 0 Å². The minimum absolute atomic E-state index is 0.0487. The summed E-state index contributed by atoms with van der Waals surface area (Å²) in [6.45, 7) is 4.54. The van der Waals surface area contributed by atoms with Crippen LogP contribution in [0.4, 0.5) is 0 Å². The highest BCUT2D eigenvalue weighted by molar-refractivity contribution is 6.01. The largest absolute Gasteiger partial charge is 0.299 e. The summed E-state index contributed by atoms with van der Waals surface area (Å²) in [6.07, 6.45) is 12.1. The number of carbonyl (C=O) groups excluding carboxylic acids is 2. The predicted molar refractivity (Wildman–Crippen MR) is 81.6 cm³/mol. The van der Waals surface area contributed by atoms with Gasteiger partial charge in [-0.2, -0.15) is 0 Å². The topological polar surface area (TPSA) is 34.1 Å². The van der Waals surface area contributed by atoms with Crippen LogP contribution in [0, 0.1) is 28.6 Å². The van der Waals surface area contributed by atoms with Crippen molar-refractivity contribution in [3.63, 3.8) is 0 Å². The molecule has 2 heteroatoms. The van der Waals surface area contributed by atoms with Crippen molar-refractivity contribution in [2.75, 3.05) is 0 Å². The first kappa shape index (κ1) is 13.5. The van der Waals surface area contributed by atoms with Gasteiger partial charge in [0.05, 0.1) is 0 Å². The van der Waals surface area contributed by atoms with Gasteiger partial charge in [-0.05, 0) is 62.0 Å². The summed E-state index contributed by atoms with van der Waals surface area (Å²) in [5.41, 5.74) is 1.35. The molecule has 0 aliphatic heterocycles. The Morgan fingerprint density at radius 1 is 1.05 bits per heavy atom. The first-order valence-corrected chi connectivity index (χ1v) is 8.43. The molecule has 0 aromatic carbocycles. The van der Waals surface area contributed by atoms with Gasteiger partial charge in [0.2, 0.25) is 0 Å². The first-order chi connectivity index (χ1) is 9.95. The summed E-state index contributed by atoms with van der Waals surface area (Å²) >= 11 is 0. The Labute approximate surface area is 126 Å². The number of ketones is 2. The Hall–Kier alpha value is -1.18. The van der Waals surface area contributed by atoms with Crippen molar-refractivity contribution in [1.82, 2.24) is 0 Å². The minimum Gasteiger partial charge on any atom is -0.299 e. The second kappa shape index (κ2) is 4.18. The molecule has 0 amide bonds. The molecular formula is C19H24O2. The molecule has 4 aliphatic carbocycles. The van der Waals surface area contributed by atoms with Crippen LogP contribution in [-0.2, 0) is 9.59 Å². The summed E-state index contributed by atoms with van der Waals surface area (Å²) in [5, 5.41) is 0. The third-order valence-electron chi connectivity index (χ3n) is 7.27. The standard InChI is InChI=1S/C19H24O2/c1-18-9-7-13(20)11-12(18)3-4-14-15-5-6-17(21)19(15,2)10-8-16(14)18/h7,9,11,14-16H,3-6,8,10H2,1-2H3/t14-,15+,16+,18-,19+/m0/s1. The van der Waals surface area contributed by atoms with E-state index in [1.807, 2.05) is 6.08 Å². The highest BCUT2D eigenvalue weighted by atomic mass is 16.1. The molecule has 3 saturated carbocycles. The van der Waals surface area contributed by atoms with E-state index in [4.69, 9.17) is 0 Å². The zero-order chi connectivity index (χ0) is 14.8. The third kappa shape index (κ3) is 1.65. The Kier molecular flexibility index (Phi) is 2.68. The SMILES string of the molecule is C[C@]12C=CC(=O)C=C1CC[C@@H]1[C@H]2CC[C@@]2(C)C(=O)CC[C@H]12. The highest BCUT2D eigenvalue weighted by Crippen LogP contribution is 2.63. The van der Waals surface area contributed by atoms with Gasteiger partial charge in [-0.1, -0.05) is 25.5 Å².